The molecule has 0 aliphatic heterocycles. The zero-order valence-corrected chi connectivity index (χ0v) is 11.0. The number of nitrogens with zero attached hydrogens (tertiary/aromatic N) is 2. The maximum atomic E-state index is 8.74. The SMILES string of the molecule is CN(CCNCC1(CC#N)CC1)C1CCCC1. The fourth-order valence-electron chi connectivity index (χ4n) is 2.90. The number of rotatable bonds is 7. The topological polar surface area (TPSA) is 39.1 Å². The van der Waals surface area contributed by atoms with Crippen molar-refractivity contribution in [3.63, 3.8) is 0 Å². The van der Waals surface area contributed by atoms with Gasteiger partial charge in [-0.25, -0.2) is 0 Å². The summed E-state index contributed by atoms with van der Waals surface area (Å²) in [5, 5.41) is 12.3. The Morgan fingerprint density at radius 1 is 1.35 bits per heavy atom. The van der Waals surface area contributed by atoms with Crippen LogP contribution in [0.4, 0.5) is 0 Å². The van der Waals surface area contributed by atoms with Crippen LogP contribution in [0.15, 0.2) is 0 Å². The molecule has 2 aliphatic rings. The second kappa shape index (κ2) is 5.84. The smallest absolute Gasteiger partial charge is 0.0628 e. The molecule has 2 saturated carbocycles. The van der Waals surface area contributed by atoms with Crippen molar-refractivity contribution in [2.45, 2.75) is 51.0 Å². The number of likely N-dealkylation sites (N-methyl/N-ethyl adjacent to an activating group) is 1. The zero-order chi connectivity index (χ0) is 12.1. The summed E-state index contributed by atoms with van der Waals surface area (Å²) in [5.41, 5.74) is 0.348. The van der Waals surface area contributed by atoms with Crippen molar-refractivity contribution in [1.29, 1.82) is 5.26 Å². The lowest BCUT2D eigenvalue weighted by Gasteiger charge is -2.24. The van der Waals surface area contributed by atoms with Gasteiger partial charge in [-0.15, -0.1) is 0 Å². The van der Waals surface area contributed by atoms with Gasteiger partial charge in [0.1, 0.15) is 0 Å². The van der Waals surface area contributed by atoms with Crippen LogP contribution < -0.4 is 5.32 Å². The molecule has 3 nitrogen and oxygen atoms in total. The molecule has 0 bridgehead atoms. The number of nitrogens with one attached hydrogen (secondary N) is 1. The summed E-state index contributed by atoms with van der Waals surface area (Å²) in [7, 11) is 2.25. The van der Waals surface area contributed by atoms with Gasteiger partial charge in [0.2, 0.25) is 0 Å². The third-order valence-corrected chi connectivity index (χ3v) is 4.50. The Labute approximate surface area is 105 Å². The Bertz CT molecular complexity index is 272. The quantitative estimate of drug-likeness (QED) is 0.687. The van der Waals surface area contributed by atoms with E-state index in [2.05, 4.69) is 23.3 Å². The minimum Gasteiger partial charge on any atom is -0.315 e. The van der Waals surface area contributed by atoms with Crippen LogP contribution in [0.25, 0.3) is 0 Å². The van der Waals surface area contributed by atoms with E-state index >= 15 is 0 Å². The molecule has 0 spiro atoms. The first-order chi connectivity index (χ1) is 8.26. The van der Waals surface area contributed by atoms with Gasteiger partial charge < -0.3 is 10.2 Å². The highest BCUT2D eigenvalue weighted by atomic mass is 15.1. The molecule has 0 unspecified atom stereocenters. The molecule has 0 heterocycles. The fraction of sp³-hybridized carbons (Fsp3) is 0.929. The number of hydrogen-bond donors (Lipinski definition) is 1. The Morgan fingerprint density at radius 2 is 2.06 bits per heavy atom. The molecule has 0 atom stereocenters. The summed E-state index contributed by atoms with van der Waals surface area (Å²) < 4.78 is 0. The van der Waals surface area contributed by atoms with Crippen LogP contribution in [-0.2, 0) is 0 Å². The summed E-state index contributed by atoms with van der Waals surface area (Å²) in [4.78, 5) is 2.50. The Kier molecular flexibility index (Phi) is 4.42. The van der Waals surface area contributed by atoms with E-state index in [0.29, 0.717) is 5.41 Å². The van der Waals surface area contributed by atoms with E-state index in [9.17, 15) is 0 Å². The second-order valence-electron chi connectivity index (χ2n) is 5.93. The minimum atomic E-state index is 0.348. The van der Waals surface area contributed by atoms with Crippen molar-refractivity contribution in [3.05, 3.63) is 0 Å². The molecule has 0 aromatic rings. The molecule has 0 amide bonds. The molecule has 2 aliphatic carbocycles. The van der Waals surface area contributed by atoms with Gasteiger partial charge in [0.15, 0.2) is 0 Å². The Balaban J connectivity index is 1.55. The lowest BCUT2D eigenvalue weighted by Crippen LogP contribution is -2.37. The van der Waals surface area contributed by atoms with E-state index in [0.717, 1.165) is 32.1 Å². The first kappa shape index (κ1) is 12.9. The molecule has 2 rings (SSSR count). The molecule has 0 radical (unpaired) electrons. The Hall–Kier alpha value is -0.590. The Morgan fingerprint density at radius 3 is 2.65 bits per heavy atom. The molecule has 0 saturated heterocycles. The average Bonchev–Trinajstić information content (AvgIpc) is 2.88. The molecular weight excluding hydrogens is 210 g/mol. The van der Waals surface area contributed by atoms with Crippen LogP contribution in [0.5, 0.6) is 0 Å². The molecule has 2 fully saturated rings. The molecule has 1 N–H and O–H groups in total. The third kappa shape index (κ3) is 3.69. The van der Waals surface area contributed by atoms with Crippen LogP contribution in [0.3, 0.4) is 0 Å². The molecule has 3 heteroatoms. The normalized spacial score (nSPS) is 22.9. The number of nitriles is 1. The first-order valence-corrected chi connectivity index (χ1v) is 7.04. The van der Waals surface area contributed by atoms with Crippen molar-refractivity contribution in [3.8, 4) is 6.07 Å². The number of hydrogen-bond acceptors (Lipinski definition) is 3. The van der Waals surface area contributed by atoms with Gasteiger partial charge in [0, 0.05) is 32.1 Å². The van der Waals surface area contributed by atoms with Crippen molar-refractivity contribution in [2.75, 3.05) is 26.7 Å². The van der Waals surface area contributed by atoms with Crippen LogP contribution in [-0.4, -0.2) is 37.6 Å². The van der Waals surface area contributed by atoms with Crippen molar-refractivity contribution >= 4 is 0 Å². The van der Waals surface area contributed by atoms with E-state index < -0.39 is 0 Å². The van der Waals surface area contributed by atoms with Crippen LogP contribution in [0.2, 0.25) is 0 Å². The summed E-state index contributed by atoms with van der Waals surface area (Å²) in [5.74, 6) is 0. The van der Waals surface area contributed by atoms with Gasteiger partial charge in [0.25, 0.3) is 0 Å². The first-order valence-electron chi connectivity index (χ1n) is 7.04. The van der Waals surface area contributed by atoms with Gasteiger partial charge in [-0.1, -0.05) is 12.8 Å². The van der Waals surface area contributed by atoms with Gasteiger partial charge in [-0.3, -0.25) is 0 Å². The molecule has 96 valence electrons. The highest BCUT2D eigenvalue weighted by molar-refractivity contribution is 5.00. The summed E-state index contributed by atoms with van der Waals surface area (Å²) >= 11 is 0. The van der Waals surface area contributed by atoms with Crippen molar-refractivity contribution < 1.29 is 0 Å². The van der Waals surface area contributed by atoms with Crippen molar-refractivity contribution in [2.24, 2.45) is 5.41 Å². The average molecular weight is 235 g/mol. The fourth-order valence-corrected chi connectivity index (χ4v) is 2.90. The third-order valence-electron chi connectivity index (χ3n) is 4.50. The highest BCUT2D eigenvalue weighted by Crippen LogP contribution is 2.47. The van der Waals surface area contributed by atoms with Crippen LogP contribution in [0.1, 0.15) is 44.9 Å². The summed E-state index contributed by atoms with van der Waals surface area (Å²) in [6, 6.07) is 3.14. The van der Waals surface area contributed by atoms with Crippen LogP contribution >= 0.6 is 0 Å². The zero-order valence-electron chi connectivity index (χ0n) is 11.0. The lowest BCUT2D eigenvalue weighted by molar-refractivity contribution is 0.243. The van der Waals surface area contributed by atoms with E-state index in [-0.39, 0.29) is 0 Å². The van der Waals surface area contributed by atoms with Gasteiger partial charge in [-0.2, -0.15) is 5.26 Å². The predicted octanol–water partition coefficient (Wildman–Crippen LogP) is 2.14. The maximum absolute atomic E-state index is 8.74. The standard InChI is InChI=1S/C14H25N3/c1-17(13-4-2-3-5-13)11-10-16-12-14(6-7-14)8-9-15/h13,16H,2-8,10-12H2,1H3. The van der Waals surface area contributed by atoms with E-state index in [1.165, 1.54) is 38.5 Å². The van der Waals surface area contributed by atoms with Gasteiger partial charge in [0.05, 0.1) is 6.07 Å². The largest absolute Gasteiger partial charge is 0.315 e. The van der Waals surface area contributed by atoms with E-state index in [1.54, 1.807) is 0 Å². The summed E-state index contributed by atoms with van der Waals surface area (Å²) in [6.45, 7) is 3.26. The van der Waals surface area contributed by atoms with Crippen LogP contribution in [0, 0.1) is 16.7 Å². The van der Waals surface area contributed by atoms with Gasteiger partial charge in [-0.05, 0) is 38.1 Å². The predicted molar refractivity (Wildman–Crippen MR) is 69.7 cm³/mol. The minimum absolute atomic E-state index is 0.348. The molecule has 0 aromatic carbocycles. The second-order valence-corrected chi connectivity index (χ2v) is 5.93. The molecule has 0 aromatic heterocycles. The molecule has 17 heavy (non-hydrogen) atoms. The van der Waals surface area contributed by atoms with Gasteiger partial charge >= 0.3 is 0 Å². The monoisotopic (exact) mass is 235 g/mol. The lowest BCUT2D eigenvalue weighted by atomic mass is 10.0. The molecular formula is C14H25N3. The maximum Gasteiger partial charge on any atom is 0.0628 e. The van der Waals surface area contributed by atoms with E-state index in [1.807, 2.05) is 0 Å². The van der Waals surface area contributed by atoms with E-state index in [4.69, 9.17) is 5.26 Å². The highest BCUT2D eigenvalue weighted by Gasteiger charge is 2.41. The van der Waals surface area contributed by atoms with Crippen molar-refractivity contribution in [1.82, 2.24) is 10.2 Å². The summed E-state index contributed by atoms with van der Waals surface area (Å²) in [6.07, 6.45) is 8.81.